The van der Waals surface area contributed by atoms with Crippen LogP contribution in [0.15, 0.2) is 30.6 Å². The molecule has 1 aromatic carbocycles. The van der Waals surface area contributed by atoms with Crippen LogP contribution in [-0.2, 0) is 0 Å². The van der Waals surface area contributed by atoms with Gasteiger partial charge in [-0.05, 0) is 12.1 Å². The molecule has 72 valence electrons. The van der Waals surface area contributed by atoms with Gasteiger partial charge >= 0.3 is 0 Å². The van der Waals surface area contributed by atoms with Gasteiger partial charge in [-0.15, -0.1) is 0 Å². The van der Waals surface area contributed by atoms with Crippen LogP contribution in [0.4, 0.5) is 5.69 Å². The summed E-state index contributed by atoms with van der Waals surface area (Å²) in [6, 6.07) is 5.48. The predicted octanol–water partition coefficient (Wildman–Crippen LogP) is 1.67. The van der Waals surface area contributed by atoms with Gasteiger partial charge in [0, 0.05) is 24.1 Å². The summed E-state index contributed by atoms with van der Waals surface area (Å²) in [6.07, 6.45) is 3.47. The summed E-state index contributed by atoms with van der Waals surface area (Å²) < 4.78 is 5.21. The van der Waals surface area contributed by atoms with E-state index in [1.54, 1.807) is 25.6 Å². The Labute approximate surface area is 81.7 Å². The zero-order valence-corrected chi connectivity index (χ0v) is 7.82. The minimum Gasteiger partial charge on any atom is -0.496 e. The molecule has 0 fully saturated rings. The topological polar surface area (TPSA) is 63.9 Å². The zero-order chi connectivity index (χ0) is 9.97. The van der Waals surface area contributed by atoms with Crippen LogP contribution in [0.3, 0.4) is 0 Å². The Bertz CT molecular complexity index is 423. The SMILES string of the molecule is COc1cc(N)ccc1-c1ncc[nH]1. The summed E-state index contributed by atoms with van der Waals surface area (Å²) in [5.74, 6) is 1.50. The van der Waals surface area contributed by atoms with E-state index < -0.39 is 0 Å². The molecule has 1 heterocycles. The number of benzene rings is 1. The van der Waals surface area contributed by atoms with Gasteiger partial charge in [0.2, 0.25) is 0 Å². The lowest BCUT2D eigenvalue weighted by atomic mass is 10.1. The summed E-state index contributed by atoms with van der Waals surface area (Å²) in [4.78, 5) is 7.16. The predicted molar refractivity (Wildman–Crippen MR) is 55.0 cm³/mol. The van der Waals surface area contributed by atoms with Crippen LogP contribution < -0.4 is 10.5 Å². The summed E-state index contributed by atoms with van der Waals surface area (Å²) in [5.41, 5.74) is 7.23. The molecule has 4 heteroatoms. The van der Waals surface area contributed by atoms with E-state index in [2.05, 4.69) is 9.97 Å². The zero-order valence-electron chi connectivity index (χ0n) is 7.82. The Balaban J connectivity index is 2.53. The van der Waals surface area contributed by atoms with Crippen LogP contribution in [0.5, 0.6) is 5.75 Å². The number of hydrogen-bond donors (Lipinski definition) is 2. The Morgan fingerprint density at radius 3 is 2.93 bits per heavy atom. The molecule has 2 aromatic rings. The molecule has 0 spiro atoms. The fourth-order valence-electron chi connectivity index (χ4n) is 1.32. The van der Waals surface area contributed by atoms with Crippen LogP contribution in [-0.4, -0.2) is 17.1 Å². The Kier molecular flexibility index (Phi) is 2.10. The van der Waals surface area contributed by atoms with Gasteiger partial charge in [0.1, 0.15) is 11.6 Å². The highest BCUT2D eigenvalue weighted by Gasteiger charge is 2.07. The van der Waals surface area contributed by atoms with E-state index in [0.717, 1.165) is 17.1 Å². The fourth-order valence-corrected chi connectivity index (χ4v) is 1.32. The first-order chi connectivity index (χ1) is 6.81. The van der Waals surface area contributed by atoms with E-state index in [4.69, 9.17) is 10.5 Å². The Hall–Kier alpha value is -1.97. The second-order valence-electron chi connectivity index (χ2n) is 2.90. The lowest BCUT2D eigenvalue weighted by Crippen LogP contribution is -1.92. The largest absolute Gasteiger partial charge is 0.496 e. The maximum atomic E-state index is 5.65. The third-order valence-corrected chi connectivity index (χ3v) is 1.98. The highest BCUT2D eigenvalue weighted by Crippen LogP contribution is 2.28. The number of nitrogen functional groups attached to an aromatic ring is 1. The molecular formula is C10H11N3O. The number of anilines is 1. The van der Waals surface area contributed by atoms with E-state index in [0.29, 0.717) is 5.69 Å². The minimum atomic E-state index is 0.678. The quantitative estimate of drug-likeness (QED) is 0.706. The van der Waals surface area contributed by atoms with Crippen LogP contribution in [0.1, 0.15) is 0 Å². The van der Waals surface area contributed by atoms with E-state index in [9.17, 15) is 0 Å². The van der Waals surface area contributed by atoms with E-state index in [-0.39, 0.29) is 0 Å². The first-order valence-electron chi connectivity index (χ1n) is 4.24. The number of nitrogens with two attached hydrogens (primary N) is 1. The maximum absolute atomic E-state index is 5.65. The van der Waals surface area contributed by atoms with E-state index >= 15 is 0 Å². The van der Waals surface area contributed by atoms with Crippen molar-refractivity contribution in [1.82, 2.24) is 9.97 Å². The first-order valence-corrected chi connectivity index (χ1v) is 4.24. The van der Waals surface area contributed by atoms with E-state index in [1.165, 1.54) is 0 Å². The second-order valence-corrected chi connectivity index (χ2v) is 2.90. The van der Waals surface area contributed by atoms with Crippen LogP contribution in [0.25, 0.3) is 11.4 Å². The number of H-pyrrole nitrogens is 1. The number of aromatic nitrogens is 2. The van der Waals surface area contributed by atoms with Crippen molar-refractivity contribution in [1.29, 1.82) is 0 Å². The molecule has 1 aromatic heterocycles. The Morgan fingerprint density at radius 2 is 2.29 bits per heavy atom. The molecule has 0 bridgehead atoms. The first kappa shape index (κ1) is 8.62. The fraction of sp³-hybridized carbons (Fsp3) is 0.100. The molecule has 14 heavy (non-hydrogen) atoms. The maximum Gasteiger partial charge on any atom is 0.141 e. The third-order valence-electron chi connectivity index (χ3n) is 1.98. The number of rotatable bonds is 2. The number of methoxy groups -OCH3 is 1. The van der Waals surface area contributed by atoms with E-state index in [1.807, 2.05) is 12.1 Å². The van der Waals surface area contributed by atoms with Gasteiger partial charge in [-0.25, -0.2) is 4.98 Å². The van der Waals surface area contributed by atoms with Crippen molar-refractivity contribution in [2.45, 2.75) is 0 Å². The summed E-state index contributed by atoms with van der Waals surface area (Å²) >= 11 is 0. The molecule has 0 aliphatic rings. The van der Waals surface area contributed by atoms with Crippen molar-refractivity contribution in [2.24, 2.45) is 0 Å². The van der Waals surface area contributed by atoms with Gasteiger partial charge in [-0.2, -0.15) is 0 Å². The molecule has 3 N–H and O–H groups in total. The van der Waals surface area contributed by atoms with Gasteiger partial charge in [0.25, 0.3) is 0 Å². The smallest absolute Gasteiger partial charge is 0.141 e. The molecule has 0 saturated heterocycles. The van der Waals surface area contributed by atoms with Crippen LogP contribution in [0, 0.1) is 0 Å². The van der Waals surface area contributed by atoms with Crippen molar-refractivity contribution in [3.05, 3.63) is 30.6 Å². The third kappa shape index (κ3) is 1.42. The van der Waals surface area contributed by atoms with Gasteiger partial charge < -0.3 is 15.5 Å². The minimum absolute atomic E-state index is 0.678. The number of aromatic amines is 1. The second kappa shape index (κ2) is 3.41. The summed E-state index contributed by atoms with van der Waals surface area (Å²) in [5, 5.41) is 0. The number of ether oxygens (including phenoxy) is 1. The molecule has 0 saturated carbocycles. The summed E-state index contributed by atoms with van der Waals surface area (Å²) in [6.45, 7) is 0. The van der Waals surface area contributed by atoms with Gasteiger partial charge in [-0.1, -0.05) is 0 Å². The van der Waals surface area contributed by atoms with Gasteiger partial charge in [-0.3, -0.25) is 0 Å². The van der Waals surface area contributed by atoms with Crippen molar-refractivity contribution in [2.75, 3.05) is 12.8 Å². The highest BCUT2D eigenvalue weighted by atomic mass is 16.5. The molecule has 0 aliphatic heterocycles. The standard InChI is InChI=1S/C10H11N3O/c1-14-9-6-7(11)2-3-8(9)10-12-4-5-13-10/h2-6H,11H2,1H3,(H,12,13). The van der Waals surface area contributed by atoms with Crippen molar-refractivity contribution < 1.29 is 4.74 Å². The lowest BCUT2D eigenvalue weighted by molar-refractivity contribution is 0.416. The Morgan fingerprint density at radius 1 is 1.43 bits per heavy atom. The number of nitrogens with zero attached hydrogens (tertiary/aromatic N) is 1. The van der Waals surface area contributed by atoms with Gasteiger partial charge in [0.15, 0.2) is 0 Å². The molecule has 0 unspecified atom stereocenters. The molecular weight excluding hydrogens is 178 g/mol. The molecule has 0 amide bonds. The van der Waals surface area contributed by atoms with Crippen molar-refractivity contribution in [3.8, 4) is 17.1 Å². The molecule has 0 atom stereocenters. The monoisotopic (exact) mass is 189 g/mol. The number of imidazole rings is 1. The van der Waals surface area contributed by atoms with Crippen LogP contribution in [0.2, 0.25) is 0 Å². The molecule has 2 rings (SSSR count). The normalized spacial score (nSPS) is 10.1. The molecule has 0 aliphatic carbocycles. The summed E-state index contributed by atoms with van der Waals surface area (Å²) in [7, 11) is 1.61. The van der Waals surface area contributed by atoms with Gasteiger partial charge in [0.05, 0.1) is 12.7 Å². The molecule has 0 radical (unpaired) electrons. The average Bonchev–Trinajstić information content (AvgIpc) is 2.70. The number of hydrogen-bond acceptors (Lipinski definition) is 3. The highest BCUT2D eigenvalue weighted by molar-refractivity contribution is 5.67. The van der Waals surface area contributed by atoms with Crippen molar-refractivity contribution in [3.63, 3.8) is 0 Å². The molecule has 4 nitrogen and oxygen atoms in total. The number of nitrogens with one attached hydrogen (secondary N) is 1. The average molecular weight is 189 g/mol. The van der Waals surface area contributed by atoms with Crippen molar-refractivity contribution >= 4 is 5.69 Å². The van der Waals surface area contributed by atoms with Crippen LogP contribution >= 0.6 is 0 Å². The lowest BCUT2D eigenvalue weighted by Gasteiger charge is -2.06.